The third-order valence-corrected chi connectivity index (χ3v) is 6.33. The summed E-state index contributed by atoms with van der Waals surface area (Å²) in [5.41, 5.74) is 4.22. The molecule has 6 heteroatoms. The molecular weight excluding hydrogens is 356 g/mol. The molecule has 3 atom stereocenters. The number of fused-ring (bicyclic) bond motifs is 3. The Morgan fingerprint density at radius 1 is 1.26 bits per heavy atom. The minimum Gasteiger partial charge on any atom is -0.452 e. The van der Waals surface area contributed by atoms with E-state index in [0.29, 0.717) is 22.9 Å². The Bertz CT molecular complexity index is 854. The predicted octanol–water partition coefficient (Wildman–Crippen LogP) is 5.16. The summed E-state index contributed by atoms with van der Waals surface area (Å²) in [6, 6.07) is 8.18. The number of thioether (sulfide) groups is 1. The first-order valence-electron chi connectivity index (χ1n) is 9.71. The van der Waals surface area contributed by atoms with E-state index in [1.807, 2.05) is 12.1 Å². The highest BCUT2D eigenvalue weighted by molar-refractivity contribution is 7.99. The molecule has 1 aromatic carbocycles. The monoisotopic (exact) mass is 382 g/mol. The van der Waals surface area contributed by atoms with Gasteiger partial charge in [0.15, 0.2) is 11.9 Å². The lowest BCUT2D eigenvalue weighted by Crippen LogP contribution is -2.39. The Morgan fingerprint density at radius 3 is 2.93 bits per heavy atom. The summed E-state index contributed by atoms with van der Waals surface area (Å²) in [4.78, 5) is 4.71. The van der Waals surface area contributed by atoms with E-state index in [0.717, 1.165) is 42.0 Å². The number of para-hydroxylation sites is 1. The number of hydrogen-bond donors (Lipinski definition) is 1. The minimum atomic E-state index is -0.132. The van der Waals surface area contributed by atoms with Crippen LogP contribution in [-0.4, -0.2) is 27.2 Å². The maximum atomic E-state index is 6.44. The van der Waals surface area contributed by atoms with Crippen LogP contribution in [0.25, 0.3) is 11.3 Å². The first-order valence-corrected chi connectivity index (χ1v) is 10.7. The molecule has 1 aromatic heterocycles. The normalized spacial score (nSPS) is 24.0. The number of nitrogens with zero attached hydrogens (tertiary/aromatic N) is 3. The summed E-state index contributed by atoms with van der Waals surface area (Å²) >= 11 is 1.62. The fraction of sp³-hybridized carbons (Fsp3) is 0.476. The lowest BCUT2D eigenvalue weighted by atomic mass is 9.80. The van der Waals surface area contributed by atoms with Crippen molar-refractivity contribution in [3.05, 3.63) is 35.9 Å². The molecule has 0 amide bonds. The number of ether oxygens (including phenoxy) is 1. The van der Waals surface area contributed by atoms with Gasteiger partial charge in [-0.3, -0.25) is 0 Å². The van der Waals surface area contributed by atoms with Crippen LogP contribution < -0.4 is 10.1 Å². The van der Waals surface area contributed by atoms with E-state index in [4.69, 9.17) is 9.72 Å². The molecule has 5 nitrogen and oxygen atoms in total. The highest BCUT2D eigenvalue weighted by atomic mass is 32.2. The molecule has 2 aliphatic rings. The molecule has 1 aliphatic carbocycles. The third-order valence-electron chi connectivity index (χ3n) is 5.29. The quantitative estimate of drug-likeness (QED) is 0.582. The molecule has 142 valence electrons. The summed E-state index contributed by atoms with van der Waals surface area (Å²) in [5.74, 6) is 2.49. The number of anilines is 1. The van der Waals surface area contributed by atoms with Crippen molar-refractivity contribution in [3.8, 4) is 17.1 Å². The van der Waals surface area contributed by atoms with Gasteiger partial charge in [-0.1, -0.05) is 55.5 Å². The number of benzene rings is 1. The van der Waals surface area contributed by atoms with Crippen LogP contribution in [0, 0.1) is 11.8 Å². The molecule has 1 aliphatic heterocycles. The van der Waals surface area contributed by atoms with Crippen LogP contribution in [0.1, 0.15) is 40.0 Å². The summed E-state index contributed by atoms with van der Waals surface area (Å²) < 4.78 is 6.44. The summed E-state index contributed by atoms with van der Waals surface area (Å²) in [6.07, 6.45) is 5.41. The molecule has 0 saturated heterocycles. The van der Waals surface area contributed by atoms with Gasteiger partial charge in [0, 0.05) is 22.9 Å². The van der Waals surface area contributed by atoms with Gasteiger partial charge in [0.1, 0.15) is 0 Å². The number of aromatic nitrogens is 3. The molecule has 27 heavy (non-hydrogen) atoms. The van der Waals surface area contributed by atoms with E-state index in [1.165, 1.54) is 5.57 Å². The zero-order valence-corrected chi connectivity index (χ0v) is 16.9. The average Bonchev–Trinajstić information content (AvgIpc) is 2.82. The molecule has 0 radical (unpaired) electrons. The molecule has 2 heterocycles. The topological polar surface area (TPSA) is 59.9 Å². The van der Waals surface area contributed by atoms with Crippen molar-refractivity contribution in [1.29, 1.82) is 0 Å². The maximum absolute atomic E-state index is 6.44. The van der Waals surface area contributed by atoms with E-state index in [-0.39, 0.29) is 6.23 Å². The third kappa shape index (κ3) is 3.81. The zero-order valence-electron chi connectivity index (χ0n) is 16.1. The van der Waals surface area contributed by atoms with E-state index < -0.39 is 0 Å². The van der Waals surface area contributed by atoms with Crippen molar-refractivity contribution < 1.29 is 4.74 Å². The maximum Gasteiger partial charge on any atom is 0.247 e. The number of allylic oxidation sites excluding steroid dienone is 2. The van der Waals surface area contributed by atoms with Crippen LogP contribution in [0.4, 0.5) is 5.69 Å². The summed E-state index contributed by atoms with van der Waals surface area (Å²) in [6.45, 7) is 6.67. The van der Waals surface area contributed by atoms with Crippen LogP contribution in [0.2, 0.25) is 0 Å². The van der Waals surface area contributed by atoms with Crippen LogP contribution >= 0.6 is 11.8 Å². The summed E-state index contributed by atoms with van der Waals surface area (Å²) in [7, 11) is 0. The summed E-state index contributed by atoms with van der Waals surface area (Å²) in [5, 5.41) is 13.1. The molecule has 0 fully saturated rings. The SMILES string of the molecule is CCCSc1nnc2c(n1)O[C@H]([C@H]1CC=C(C)C[C@H]1C)Nc1ccccc1-2. The molecule has 0 bridgehead atoms. The first kappa shape index (κ1) is 18.3. The standard InChI is InChI=1S/C21H26N4OS/c1-4-11-27-21-23-20-18(24-25-21)16-7-5-6-8-17(16)22-19(26-20)15-10-9-13(2)12-14(15)3/h5-9,14-15,19,22H,4,10-12H2,1-3H3/t14-,15+,19-/m1/s1. The Balaban J connectivity index is 1.72. The molecule has 0 unspecified atom stereocenters. The molecule has 0 spiro atoms. The van der Waals surface area contributed by atoms with Crippen LogP contribution in [0.3, 0.4) is 0 Å². The van der Waals surface area contributed by atoms with Gasteiger partial charge < -0.3 is 10.1 Å². The fourth-order valence-corrected chi connectivity index (χ4v) is 4.48. The number of hydrogen-bond acceptors (Lipinski definition) is 6. The number of rotatable bonds is 4. The van der Waals surface area contributed by atoms with Gasteiger partial charge in [-0.15, -0.1) is 10.2 Å². The van der Waals surface area contributed by atoms with Crippen molar-refractivity contribution in [2.45, 2.75) is 51.4 Å². The highest BCUT2D eigenvalue weighted by Crippen LogP contribution is 2.40. The van der Waals surface area contributed by atoms with Gasteiger partial charge in [0.05, 0.1) is 0 Å². The van der Waals surface area contributed by atoms with E-state index in [9.17, 15) is 0 Å². The van der Waals surface area contributed by atoms with Gasteiger partial charge in [-0.25, -0.2) is 0 Å². The molecule has 1 N–H and O–H groups in total. The van der Waals surface area contributed by atoms with Crippen molar-refractivity contribution in [2.75, 3.05) is 11.1 Å². The van der Waals surface area contributed by atoms with Gasteiger partial charge in [-0.2, -0.15) is 4.98 Å². The van der Waals surface area contributed by atoms with Gasteiger partial charge in [-0.05, 0) is 38.2 Å². The Hall–Kier alpha value is -2.08. The number of nitrogens with one attached hydrogen (secondary N) is 1. The van der Waals surface area contributed by atoms with Gasteiger partial charge in [0.2, 0.25) is 11.0 Å². The van der Waals surface area contributed by atoms with Crippen LogP contribution in [0.15, 0.2) is 41.1 Å². The second-order valence-corrected chi connectivity index (χ2v) is 8.52. The zero-order chi connectivity index (χ0) is 18.8. The Kier molecular flexibility index (Phi) is 5.34. The van der Waals surface area contributed by atoms with Gasteiger partial charge >= 0.3 is 0 Å². The lowest BCUT2D eigenvalue weighted by Gasteiger charge is -2.34. The average molecular weight is 383 g/mol. The van der Waals surface area contributed by atoms with Crippen molar-refractivity contribution in [1.82, 2.24) is 15.2 Å². The fourth-order valence-electron chi connectivity index (χ4n) is 3.85. The second kappa shape index (κ2) is 7.89. The largest absolute Gasteiger partial charge is 0.452 e. The van der Waals surface area contributed by atoms with Crippen molar-refractivity contribution in [2.24, 2.45) is 11.8 Å². The van der Waals surface area contributed by atoms with Crippen molar-refractivity contribution in [3.63, 3.8) is 0 Å². The Morgan fingerprint density at radius 2 is 2.11 bits per heavy atom. The van der Waals surface area contributed by atoms with Crippen LogP contribution in [-0.2, 0) is 0 Å². The van der Waals surface area contributed by atoms with Crippen LogP contribution in [0.5, 0.6) is 5.88 Å². The van der Waals surface area contributed by atoms with Crippen molar-refractivity contribution >= 4 is 17.4 Å². The minimum absolute atomic E-state index is 0.132. The molecule has 2 aromatic rings. The Labute approximate surface area is 165 Å². The van der Waals surface area contributed by atoms with Gasteiger partial charge in [0.25, 0.3) is 0 Å². The smallest absolute Gasteiger partial charge is 0.247 e. The highest BCUT2D eigenvalue weighted by Gasteiger charge is 2.34. The first-order chi connectivity index (χ1) is 13.2. The molecular formula is C21H26N4OS. The predicted molar refractivity (Wildman–Crippen MR) is 110 cm³/mol. The molecule has 4 rings (SSSR count). The van der Waals surface area contributed by atoms with E-state index in [1.54, 1.807) is 11.8 Å². The van der Waals surface area contributed by atoms with E-state index in [2.05, 4.69) is 54.5 Å². The molecule has 0 saturated carbocycles. The second-order valence-electron chi connectivity index (χ2n) is 7.46. The lowest BCUT2D eigenvalue weighted by molar-refractivity contribution is 0.114. The van der Waals surface area contributed by atoms with E-state index >= 15 is 0 Å².